The second kappa shape index (κ2) is 11.0. The summed E-state index contributed by atoms with van der Waals surface area (Å²) in [5.41, 5.74) is 1.10. The third kappa shape index (κ3) is 5.41. The molecule has 2 saturated heterocycles. The van der Waals surface area contributed by atoms with Crippen LogP contribution in [0.2, 0.25) is 0 Å². The summed E-state index contributed by atoms with van der Waals surface area (Å²) in [5.74, 6) is 1.39. The van der Waals surface area contributed by atoms with Crippen LogP contribution in [0.3, 0.4) is 0 Å². The van der Waals surface area contributed by atoms with Gasteiger partial charge in [0.2, 0.25) is 5.95 Å². The molecule has 2 aliphatic rings. The maximum absolute atomic E-state index is 13.3. The molecular weight excluding hydrogens is 530 g/mol. The summed E-state index contributed by atoms with van der Waals surface area (Å²) in [6.45, 7) is 11.9. The Labute approximate surface area is 245 Å². The molecule has 2 fully saturated rings. The van der Waals surface area contributed by atoms with E-state index in [1.807, 2.05) is 12.3 Å². The average Bonchev–Trinajstić information content (AvgIpc) is 3.26. The number of piperidine rings is 2. The van der Waals surface area contributed by atoms with Crippen molar-refractivity contribution in [1.29, 1.82) is 0 Å². The van der Waals surface area contributed by atoms with Gasteiger partial charge >= 0.3 is 0 Å². The van der Waals surface area contributed by atoms with Crippen molar-refractivity contribution in [3.8, 4) is 5.82 Å². The van der Waals surface area contributed by atoms with Gasteiger partial charge in [-0.2, -0.15) is 4.98 Å². The molecule has 4 aromatic rings. The predicted molar refractivity (Wildman–Crippen MR) is 164 cm³/mol. The maximum Gasteiger partial charge on any atom is 0.278 e. The molecule has 4 aromatic heterocycles. The summed E-state index contributed by atoms with van der Waals surface area (Å²) in [6, 6.07) is 9.35. The highest BCUT2D eigenvalue weighted by molar-refractivity contribution is 5.77. The fraction of sp³-hybridized carbons (Fsp3) is 0.452. The molecule has 0 bridgehead atoms. The zero-order chi connectivity index (χ0) is 29.5. The van der Waals surface area contributed by atoms with Crippen LogP contribution in [-0.2, 0) is 12.1 Å². The molecule has 0 radical (unpaired) electrons. The molecular formula is C31H39N9O2. The molecule has 0 aromatic carbocycles. The van der Waals surface area contributed by atoms with Gasteiger partial charge in [0.15, 0.2) is 11.5 Å². The van der Waals surface area contributed by atoms with Crippen molar-refractivity contribution in [3.05, 3.63) is 71.4 Å². The van der Waals surface area contributed by atoms with Crippen molar-refractivity contribution in [2.75, 3.05) is 43.4 Å². The van der Waals surface area contributed by atoms with Crippen molar-refractivity contribution < 1.29 is 5.11 Å². The Balaban J connectivity index is 1.24. The van der Waals surface area contributed by atoms with Crippen LogP contribution >= 0.6 is 0 Å². The van der Waals surface area contributed by atoms with Gasteiger partial charge in [-0.05, 0) is 89.3 Å². The van der Waals surface area contributed by atoms with Gasteiger partial charge in [-0.1, -0.05) is 12.1 Å². The van der Waals surface area contributed by atoms with Crippen molar-refractivity contribution in [1.82, 2.24) is 34.2 Å². The van der Waals surface area contributed by atoms with Crippen LogP contribution in [0.5, 0.6) is 0 Å². The van der Waals surface area contributed by atoms with Gasteiger partial charge in [-0.15, -0.1) is 6.58 Å². The first-order valence-electron chi connectivity index (χ1n) is 14.6. The molecule has 0 unspecified atom stereocenters. The lowest BCUT2D eigenvalue weighted by Crippen LogP contribution is -2.46. The van der Waals surface area contributed by atoms with E-state index in [0.29, 0.717) is 39.7 Å². The number of allylic oxidation sites excluding steroid dienone is 1. The Morgan fingerprint density at radius 2 is 1.76 bits per heavy atom. The van der Waals surface area contributed by atoms with Crippen LogP contribution in [0, 0.1) is 5.41 Å². The van der Waals surface area contributed by atoms with Crippen LogP contribution < -0.4 is 15.8 Å². The minimum absolute atomic E-state index is 0.252. The summed E-state index contributed by atoms with van der Waals surface area (Å²) in [6.07, 6.45) is 10.1. The summed E-state index contributed by atoms with van der Waals surface area (Å²) in [7, 11) is 2.22. The van der Waals surface area contributed by atoms with Gasteiger partial charge in [0.1, 0.15) is 16.8 Å². The van der Waals surface area contributed by atoms with E-state index in [9.17, 15) is 9.90 Å². The highest BCUT2D eigenvalue weighted by Crippen LogP contribution is 2.41. The molecule has 6 rings (SSSR count). The zero-order valence-corrected chi connectivity index (χ0v) is 24.6. The molecule has 11 heteroatoms. The molecule has 42 heavy (non-hydrogen) atoms. The van der Waals surface area contributed by atoms with E-state index in [4.69, 9.17) is 4.98 Å². The molecule has 2 N–H and O–H groups in total. The summed E-state index contributed by atoms with van der Waals surface area (Å²) in [4.78, 5) is 36.5. The number of fused-ring (bicyclic) bond motifs is 1. The average molecular weight is 570 g/mol. The van der Waals surface area contributed by atoms with E-state index >= 15 is 0 Å². The number of hydrogen-bond acceptors (Lipinski definition) is 9. The van der Waals surface area contributed by atoms with Crippen LogP contribution in [0.4, 0.5) is 17.5 Å². The topological polar surface area (TPSA) is 117 Å². The molecule has 0 saturated carbocycles. The third-order valence-electron chi connectivity index (χ3n) is 8.78. The lowest BCUT2D eigenvalue weighted by atomic mass is 9.71. The second-order valence-corrected chi connectivity index (χ2v) is 12.2. The third-order valence-corrected chi connectivity index (χ3v) is 8.78. The number of hydrogen-bond donors (Lipinski definition) is 2. The molecule has 1 spiro atoms. The van der Waals surface area contributed by atoms with E-state index in [-0.39, 0.29) is 12.1 Å². The fourth-order valence-corrected chi connectivity index (χ4v) is 6.08. The maximum atomic E-state index is 13.3. The van der Waals surface area contributed by atoms with Crippen LogP contribution in [0.15, 0.2) is 60.2 Å². The lowest BCUT2D eigenvalue weighted by Gasteiger charge is -2.46. The van der Waals surface area contributed by atoms with Gasteiger partial charge in [0.05, 0.1) is 24.1 Å². The molecule has 0 amide bonds. The summed E-state index contributed by atoms with van der Waals surface area (Å²) in [5, 5.41) is 14.1. The Hall–Kier alpha value is -4.09. The summed E-state index contributed by atoms with van der Waals surface area (Å²) < 4.78 is 3.15. The van der Waals surface area contributed by atoms with Crippen molar-refractivity contribution >= 4 is 28.5 Å². The van der Waals surface area contributed by atoms with E-state index < -0.39 is 5.60 Å². The van der Waals surface area contributed by atoms with E-state index in [1.54, 1.807) is 42.8 Å². The van der Waals surface area contributed by atoms with E-state index in [0.717, 1.165) is 18.8 Å². The second-order valence-electron chi connectivity index (χ2n) is 12.2. The predicted octanol–water partition coefficient (Wildman–Crippen LogP) is 3.84. The quantitative estimate of drug-likeness (QED) is 0.320. The number of nitrogens with one attached hydrogen (secondary N) is 1. The van der Waals surface area contributed by atoms with Crippen LogP contribution in [-0.4, -0.2) is 72.5 Å². The van der Waals surface area contributed by atoms with Gasteiger partial charge in [-0.25, -0.2) is 24.3 Å². The molecule has 6 heterocycles. The van der Waals surface area contributed by atoms with Crippen molar-refractivity contribution in [3.63, 3.8) is 0 Å². The molecule has 11 nitrogen and oxygen atoms in total. The zero-order valence-electron chi connectivity index (χ0n) is 24.6. The number of aromatic nitrogens is 6. The smallest absolute Gasteiger partial charge is 0.278 e. The van der Waals surface area contributed by atoms with Crippen molar-refractivity contribution in [2.45, 2.75) is 51.7 Å². The number of aliphatic hydroxyl groups is 1. The largest absolute Gasteiger partial charge is 0.384 e. The minimum atomic E-state index is -1.15. The van der Waals surface area contributed by atoms with Gasteiger partial charge < -0.3 is 20.2 Å². The number of anilines is 3. The van der Waals surface area contributed by atoms with Crippen LogP contribution in [0.1, 0.15) is 45.2 Å². The Morgan fingerprint density at radius 3 is 2.43 bits per heavy atom. The lowest BCUT2D eigenvalue weighted by molar-refractivity contribution is 0.0738. The SMILES string of the molecule is C=CCn1c(=O)c2cnc(Nc3ccc(N4CCC5(CCN(C)CC5)CC4)cn3)nc2n1-c1cccc(C(C)(C)O)n1. The number of nitrogens with zero attached hydrogens (tertiary/aromatic N) is 8. The monoisotopic (exact) mass is 569 g/mol. The standard InChI is InChI=1S/C31H39N9O2/c1-5-15-39-28(41)23-21-33-29(36-27(23)40(39)26-8-6-7-24(34-26)30(2,3)42)35-25-10-9-22(20-32-25)38-18-13-31(14-19-38)11-16-37(4)17-12-31/h5-10,20-21,42H,1,11-19H2,2-4H3,(H,32,33,35,36). The Bertz CT molecular complexity index is 1630. The van der Waals surface area contributed by atoms with Gasteiger partial charge in [0.25, 0.3) is 5.56 Å². The first-order chi connectivity index (χ1) is 20.2. The number of pyridine rings is 2. The van der Waals surface area contributed by atoms with Gasteiger partial charge in [-0.3, -0.25) is 4.79 Å². The normalized spacial score (nSPS) is 17.6. The van der Waals surface area contributed by atoms with Crippen LogP contribution in [0.25, 0.3) is 16.9 Å². The highest BCUT2D eigenvalue weighted by atomic mass is 16.3. The summed E-state index contributed by atoms with van der Waals surface area (Å²) >= 11 is 0. The fourth-order valence-electron chi connectivity index (χ4n) is 6.08. The molecule has 0 atom stereocenters. The van der Waals surface area contributed by atoms with E-state index in [1.165, 1.54) is 49.7 Å². The van der Waals surface area contributed by atoms with Gasteiger partial charge in [0, 0.05) is 19.3 Å². The Morgan fingerprint density at radius 1 is 1.02 bits per heavy atom. The van der Waals surface area contributed by atoms with Crippen molar-refractivity contribution in [2.24, 2.45) is 5.41 Å². The minimum Gasteiger partial charge on any atom is -0.384 e. The first-order valence-corrected chi connectivity index (χ1v) is 14.6. The molecule has 2 aliphatic heterocycles. The van der Waals surface area contributed by atoms with E-state index in [2.05, 4.69) is 49.8 Å². The first kappa shape index (κ1) is 28.0. The Kier molecular flexibility index (Phi) is 7.32. The number of likely N-dealkylation sites (tertiary alicyclic amines) is 1. The highest BCUT2D eigenvalue weighted by Gasteiger charge is 2.36. The molecule has 220 valence electrons. The molecule has 0 aliphatic carbocycles. The number of rotatable bonds is 7.